The zero-order chi connectivity index (χ0) is 13.4. The quantitative estimate of drug-likeness (QED) is 0.901. The van der Waals surface area contributed by atoms with Crippen LogP contribution in [0.15, 0.2) is 18.3 Å². The Morgan fingerprint density at radius 3 is 3.05 bits per heavy atom. The summed E-state index contributed by atoms with van der Waals surface area (Å²) in [7, 11) is 1.62. The van der Waals surface area contributed by atoms with E-state index in [1.807, 2.05) is 18.3 Å². The first-order valence-corrected chi connectivity index (χ1v) is 6.37. The first kappa shape index (κ1) is 11.9. The summed E-state index contributed by atoms with van der Waals surface area (Å²) < 4.78 is 11.9. The van der Waals surface area contributed by atoms with Gasteiger partial charge in [0.05, 0.1) is 19.2 Å². The molecule has 0 amide bonds. The number of nitrogens with one attached hydrogen (secondary N) is 1. The van der Waals surface area contributed by atoms with Crippen LogP contribution >= 0.6 is 0 Å². The van der Waals surface area contributed by atoms with Gasteiger partial charge in [-0.25, -0.2) is 4.79 Å². The monoisotopic (exact) mass is 260 g/mol. The molecule has 2 aromatic rings. The number of hydrogen-bond donors (Lipinski definition) is 1. The van der Waals surface area contributed by atoms with Gasteiger partial charge in [0.1, 0.15) is 5.75 Å². The van der Waals surface area contributed by atoms with E-state index in [0.717, 1.165) is 35.3 Å². The summed E-state index contributed by atoms with van der Waals surface area (Å²) in [5.41, 5.74) is 3.01. The molecule has 100 valence electrons. The van der Waals surface area contributed by atoms with Crippen molar-refractivity contribution < 1.29 is 14.3 Å². The van der Waals surface area contributed by atoms with Gasteiger partial charge in [-0.15, -0.1) is 0 Å². The summed E-state index contributed by atoms with van der Waals surface area (Å²) in [5, 5.41) is 4.42. The summed E-state index contributed by atoms with van der Waals surface area (Å²) in [4.78, 5) is 12.0. The topological polar surface area (TPSA) is 52.5 Å². The first-order valence-electron chi connectivity index (χ1n) is 6.37. The molecule has 3 rings (SSSR count). The van der Waals surface area contributed by atoms with Crippen molar-refractivity contribution in [2.45, 2.75) is 13.3 Å². The molecule has 0 spiro atoms. The third-order valence-electron chi connectivity index (χ3n) is 3.37. The fourth-order valence-electron chi connectivity index (χ4n) is 2.54. The summed E-state index contributed by atoms with van der Waals surface area (Å²) in [6, 6.07) is 3.83. The number of carbonyl (C=O) groups is 1. The van der Waals surface area contributed by atoms with E-state index < -0.39 is 0 Å². The maximum atomic E-state index is 12.0. The maximum absolute atomic E-state index is 12.0. The number of methoxy groups -OCH3 is 1. The molecule has 0 aliphatic carbocycles. The minimum atomic E-state index is -0.347. The standard InChI is InChI=1S/C14H16N2O3/c1-3-19-14(17)16-8-9-4-5-15-11-6-10(18-2)7-12(16)13(9)11/h6-8,15H,3-5H2,1-2H3. The van der Waals surface area contributed by atoms with E-state index in [0.29, 0.717) is 6.61 Å². The lowest BCUT2D eigenvalue weighted by molar-refractivity contribution is 0.155. The Hall–Kier alpha value is -2.17. The lowest BCUT2D eigenvalue weighted by Crippen LogP contribution is -2.12. The lowest BCUT2D eigenvalue weighted by atomic mass is 10.0. The molecule has 0 saturated heterocycles. The molecule has 0 atom stereocenters. The van der Waals surface area contributed by atoms with Crippen molar-refractivity contribution >= 4 is 22.7 Å². The van der Waals surface area contributed by atoms with Gasteiger partial charge in [0.2, 0.25) is 0 Å². The number of rotatable bonds is 2. The molecular weight excluding hydrogens is 244 g/mol. The van der Waals surface area contributed by atoms with Crippen molar-refractivity contribution in [3.63, 3.8) is 0 Å². The first-order chi connectivity index (χ1) is 9.24. The molecule has 1 aromatic carbocycles. The molecule has 1 N–H and O–H groups in total. The zero-order valence-electron chi connectivity index (χ0n) is 11.0. The molecule has 0 unspecified atom stereocenters. The SMILES string of the molecule is CCOC(=O)n1cc2c3c(cc(OC)cc31)NCC2. The highest BCUT2D eigenvalue weighted by molar-refractivity contribution is 6.01. The summed E-state index contributed by atoms with van der Waals surface area (Å²) in [5.74, 6) is 0.729. The maximum Gasteiger partial charge on any atom is 0.418 e. The second kappa shape index (κ2) is 4.50. The lowest BCUT2D eigenvalue weighted by Gasteiger charge is -2.15. The van der Waals surface area contributed by atoms with Crippen molar-refractivity contribution in [2.75, 3.05) is 25.6 Å². The van der Waals surface area contributed by atoms with Gasteiger partial charge in [-0.3, -0.25) is 4.57 Å². The van der Waals surface area contributed by atoms with E-state index in [-0.39, 0.29) is 6.09 Å². The third kappa shape index (κ3) is 1.82. The minimum Gasteiger partial charge on any atom is -0.497 e. The molecule has 1 aromatic heterocycles. The number of ether oxygens (including phenoxy) is 2. The Morgan fingerprint density at radius 2 is 2.32 bits per heavy atom. The molecule has 0 bridgehead atoms. The highest BCUT2D eigenvalue weighted by Gasteiger charge is 2.20. The van der Waals surface area contributed by atoms with Crippen molar-refractivity contribution in [3.8, 4) is 5.75 Å². The number of carbonyl (C=O) groups excluding carboxylic acids is 1. The fraction of sp³-hybridized carbons (Fsp3) is 0.357. The van der Waals surface area contributed by atoms with Gasteiger partial charge in [0.15, 0.2) is 0 Å². The highest BCUT2D eigenvalue weighted by atomic mass is 16.5. The second-order valence-electron chi connectivity index (χ2n) is 4.47. The smallest absolute Gasteiger partial charge is 0.418 e. The second-order valence-corrected chi connectivity index (χ2v) is 4.47. The predicted octanol–water partition coefficient (Wildman–Crippen LogP) is 2.62. The molecule has 5 nitrogen and oxygen atoms in total. The average Bonchev–Trinajstić information content (AvgIpc) is 2.80. The zero-order valence-corrected chi connectivity index (χ0v) is 11.0. The third-order valence-corrected chi connectivity index (χ3v) is 3.37. The molecule has 5 heteroatoms. The van der Waals surface area contributed by atoms with Crippen molar-refractivity contribution in [3.05, 3.63) is 23.9 Å². The van der Waals surface area contributed by atoms with Crippen LogP contribution in [-0.2, 0) is 11.2 Å². The van der Waals surface area contributed by atoms with Crippen molar-refractivity contribution in [2.24, 2.45) is 0 Å². The molecule has 0 saturated carbocycles. The van der Waals surface area contributed by atoms with Crippen LogP contribution in [0, 0.1) is 0 Å². The molecule has 0 radical (unpaired) electrons. The number of anilines is 1. The van der Waals surface area contributed by atoms with E-state index in [1.165, 1.54) is 5.56 Å². The summed E-state index contributed by atoms with van der Waals surface area (Å²) in [6.45, 7) is 3.03. The van der Waals surface area contributed by atoms with Gasteiger partial charge in [-0.2, -0.15) is 0 Å². The largest absolute Gasteiger partial charge is 0.497 e. The van der Waals surface area contributed by atoms with E-state index in [4.69, 9.17) is 9.47 Å². The van der Waals surface area contributed by atoms with Crippen LogP contribution in [0.5, 0.6) is 5.75 Å². The predicted molar refractivity (Wildman–Crippen MR) is 73.1 cm³/mol. The Bertz CT molecular complexity index is 646. The van der Waals surface area contributed by atoms with E-state index >= 15 is 0 Å². The Kier molecular flexibility index (Phi) is 2.81. The van der Waals surface area contributed by atoms with Gasteiger partial charge in [-0.1, -0.05) is 0 Å². The average molecular weight is 260 g/mol. The van der Waals surface area contributed by atoms with Crippen LogP contribution in [0.25, 0.3) is 10.9 Å². The molecular formula is C14H16N2O3. The van der Waals surface area contributed by atoms with Crippen LogP contribution in [0.2, 0.25) is 0 Å². The molecule has 1 aliphatic heterocycles. The normalized spacial score (nSPS) is 13.2. The van der Waals surface area contributed by atoms with Crippen LogP contribution < -0.4 is 10.1 Å². The molecule has 0 fully saturated rings. The van der Waals surface area contributed by atoms with Gasteiger partial charge in [0.25, 0.3) is 0 Å². The van der Waals surface area contributed by atoms with E-state index in [9.17, 15) is 4.79 Å². The molecule has 19 heavy (non-hydrogen) atoms. The summed E-state index contributed by atoms with van der Waals surface area (Å²) in [6.07, 6.45) is 2.43. The minimum absolute atomic E-state index is 0.347. The number of aromatic nitrogens is 1. The van der Waals surface area contributed by atoms with Gasteiger partial charge in [0, 0.05) is 35.9 Å². The summed E-state index contributed by atoms with van der Waals surface area (Å²) >= 11 is 0. The Morgan fingerprint density at radius 1 is 1.47 bits per heavy atom. The molecule has 1 aliphatic rings. The number of nitrogens with zero attached hydrogens (tertiary/aromatic N) is 1. The van der Waals surface area contributed by atoms with Crippen LogP contribution in [0.3, 0.4) is 0 Å². The fourth-order valence-corrected chi connectivity index (χ4v) is 2.54. The van der Waals surface area contributed by atoms with Crippen molar-refractivity contribution in [1.82, 2.24) is 4.57 Å². The Balaban J connectivity index is 2.24. The van der Waals surface area contributed by atoms with Gasteiger partial charge >= 0.3 is 6.09 Å². The van der Waals surface area contributed by atoms with E-state index in [2.05, 4.69) is 5.32 Å². The van der Waals surface area contributed by atoms with Crippen LogP contribution in [0.4, 0.5) is 10.5 Å². The highest BCUT2D eigenvalue weighted by Crippen LogP contribution is 2.36. The van der Waals surface area contributed by atoms with Crippen LogP contribution in [-0.4, -0.2) is 30.9 Å². The Labute approximate surface area is 111 Å². The number of hydrogen-bond acceptors (Lipinski definition) is 4. The molecule has 2 heterocycles. The van der Waals surface area contributed by atoms with Gasteiger partial charge in [-0.05, 0) is 18.9 Å². The van der Waals surface area contributed by atoms with Crippen molar-refractivity contribution in [1.29, 1.82) is 0 Å². The number of benzene rings is 1. The van der Waals surface area contributed by atoms with E-state index in [1.54, 1.807) is 18.6 Å². The van der Waals surface area contributed by atoms with Gasteiger partial charge < -0.3 is 14.8 Å². The van der Waals surface area contributed by atoms with Crippen LogP contribution in [0.1, 0.15) is 12.5 Å².